The molecule has 0 N–H and O–H groups in total. The Balaban J connectivity index is -0.0000000565. The normalized spacial score (nSPS) is 5.61. The molecule has 0 aliphatic rings. The van der Waals surface area contributed by atoms with Gasteiger partial charge in [0.15, 0.2) is 0 Å². The summed E-state index contributed by atoms with van der Waals surface area (Å²) in [5.74, 6) is 4.01. The molecule has 0 bridgehead atoms. The maximum Gasteiger partial charge on any atom is 0 e. The zero-order valence-electron chi connectivity index (χ0n) is 12.6. The van der Waals surface area contributed by atoms with Gasteiger partial charge in [0.2, 0.25) is 0 Å². The van der Waals surface area contributed by atoms with Gasteiger partial charge in [0.1, 0.15) is 0 Å². The standard InChI is InChI=1S/C9H13O2P.5CO.Cr/c1-4-11-9(10)12-5-7(2)8(3)6-12;5*1-2;/h5-6H,4H2,1-3H3;;;;;;. The minimum atomic E-state index is -0.776. The maximum absolute atomic E-state index is 11.3. The average molecular weight is 376 g/mol. The molecule has 0 atom stereocenters. The largest absolute Gasteiger partial charge is 0 e. The summed E-state index contributed by atoms with van der Waals surface area (Å²) in [5, 5.41) is 0. The molecule has 1 heterocycles. The molecule has 1 aromatic rings. The number of hydrogen-bond donors (Lipinski definition) is 0. The van der Waals surface area contributed by atoms with Gasteiger partial charge >= 0.3 is 62.2 Å². The molecule has 0 spiro atoms. The summed E-state index contributed by atoms with van der Waals surface area (Å²) >= 11 is 0. The molecule has 0 unspecified atom stereocenters. The minimum Gasteiger partial charge on any atom is 0 e. The first kappa shape index (κ1) is 37.6. The summed E-state index contributed by atoms with van der Waals surface area (Å²) in [6, 6.07) is 0. The van der Waals surface area contributed by atoms with Crippen LogP contribution in [0.4, 0.5) is 4.79 Å². The Morgan fingerprint density at radius 1 is 0.913 bits per heavy atom. The van der Waals surface area contributed by atoms with E-state index in [9.17, 15) is 4.79 Å². The van der Waals surface area contributed by atoms with Crippen molar-refractivity contribution in [1.82, 2.24) is 0 Å². The molecular weight excluding hydrogens is 363 g/mol. The van der Waals surface area contributed by atoms with Gasteiger partial charge in [0.25, 0.3) is 0 Å². The van der Waals surface area contributed by atoms with E-state index in [1.165, 1.54) is 11.1 Å². The van der Waals surface area contributed by atoms with Crippen molar-refractivity contribution >= 4 is 13.2 Å². The molecule has 0 aromatic carbocycles. The fourth-order valence-corrected chi connectivity index (χ4v) is 2.77. The van der Waals surface area contributed by atoms with Crippen molar-refractivity contribution in [3.05, 3.63) is 56.0 Å². The van der Waals surface area contributed by atoms with Crippen molar-refractivity contribution in [3.8, 4) is 0 Å². The molecule has 9 heteroatoms. The van der Waals surface area contributed by atoms with E-state index in [0.717, 1.165) is 0 Å². The first-order chi connectivity index (χ1) is 10.6. The molecule has 1 rings (SSSR count). The van der Waals surface area contributed by atoms with Crippen LogP contribution >= 0.6 is 7.53 Å². The van der Waals surface area contributed by atoms with Crippen LogP contribution in [-0.4, -0.2) is 12.3 Å². The second-order valence-corrected chi connectivity index (χ2v) is 4.43. The van der Waals surface area contributed by atoms with Crippen LogP contribution in [0.3, 0.4) is 0 Å². The van der Waals surface area contributed by atoms with Crippen molar-refractivity contribution in [2.75, 3.05) is 6.61 Å². The van der Waals surface area contributed by atoms with E-state index in [0.29, 0.717) is 6.61 Å². The molecule has 7 nitrogen and oxygen atoms in total. The van der Waals surface area contributed by atoms with E-state index in [4.69, 9.17) is 28.0 Å². The Morgan fingerprint density at radius 3 is 1.39 bits per heavy atom. The first-order valence-electron chi connectivity index (χ1n) is 4.99. The SMILES string of the molecule is CCOC(=O)p1cc(C)c(C)c1.[C-]#[O+].[C-]#[O+].[C-]#[O+].[C-]#[O+].[C-]#[O+].[Cr]. The average Bonchev–Trinajstić information content (AvgIpc) is 2.96. The molecule has 0 saturated heterocycles. The van der Waals surface area contributed by atoms with E-state index in [1.807, 2.05) is 32.4 Å². The van der Waals surface area contributed by atoms with Crippen molar-refractivity contribution in [1.29, 1.82) is 0 Å². The molecule has 0 aliphatic heterocycles. The Hall–Kier alpha value is -1.52. The molecule has 23 heavy (non-hydrogen) atoms. The Morgan fingerprint density at radius 2 is 1.17 bits per heavy atom. The maximum atomic E-state index is 11.3. The van der Waals surface area contributed by atoms with Crippen molar-refractivity contribution < 1.29 is 50.2 Å². The van der Waals surface area contributed by atoms with Gasteiger partial charge in [-0.1, -0.05) is 0 Å². The van der Waals surface area contributed by atoms with E-state index in [2.05, 4.69) is 33.3 Å². The fourth-order valence-electron chi connectivity index (χ4n) is 0.962. The van der Waals surface area contributed by atoms with Gasteiger partial charge in [-0.15, -0.1) is 0 Å². The molecule has 0 aliphatic carbocycles. The van der Waals surface area contributed by atoms with Crippen molar-refractivity contribution in [2.24, 2.45) is 0 Å². The second-order valence-electron chi connectivity index (χ2n) is 2.73. The van der Waals surface area contributed by atoms with Crippen LogP contribution in [0.5, 0.6) is 0 Å². The van der Waals surface area contributed by atoms with E-state index in [-0.39, 0.29) is 23.1 Å². The predicted molar refractivity (Wildman–Crippen MR) is 70.7 cm³/mol. The summed E-state index contributed by atoms with van der Waals surface area (Å²) in [7, 11) is -0.776. The minimum absolute atomic E-state index is 0. The van der Waals surface area contributed by atoms with Crippen LogP contribution in [0.15, 0.2) is 11.6 Å². The Labute approximate surface area is 147 Å². The Bertz CT molecular complexity index is 429. The summed E-state index contributed by atoms with van der Waals surface area (Å²) in [4.78, 5) is 11.3. The molecule has 0 radical (unpaired) electrons. The zero-order chi connectivity index (χ0) is 19.1. The van der Waals surface area contributed by atoms with Gasteiger partial charge in [-0.3, -0.25) is 0 Å². The van der Waals surface area contributed by atoms with Gasteiger partial charge < -0.3 is 4.74 Å². The number of rotatable bonds is 2. The van der Waals surface area contributed by atoms with Crippen molar-refractivity contribution in [2.45, 2.75) is 20.8 Å². The number of carbonyl (C=O) groups excluding carboxylic acids is 1. The number of aryl methyl sites for hydroxylation is 2. The van der Waals surface area contributed by atoms with Crippen LogP contribution in [0.1, 0.15) is 18.1 Å². The zero-order valence-corrected chi connectivity index (χ0v) is 14.7. The smallest absolute Gasteiger partial charge is 0 e. The van der Waals surface area contributed by atoms with Gasteiger partial charge in [-0.25, -0.2) is 4.79 Å². The summed E-state index contributed by atoms with van der Waals surface area (Å²) < 4.78 is 42.4. The number of hydrogen-bond acceptors (Lipinski definition) is 2. The van der Waals surface area contributed by atoms with E-state index in [1.54, 1.807) is 0 Å². The third-order valence-corrected chi connectivity index (χ3v) is 3.65. The number of carbonyl (C=O) groups is 1. The summed E-state index contributed by atoms with van der Waals surface area (Å²) in [6.45, 7) is 28.8. The van der Waals surface area contributed by atoms with Crippen LogP contribution in [-0.2, 0) is 45.4 Å². The topological polar surface area (TPSA) is 126 Å². The molecule has 0 saturated carbocycles. The van der Waals surface area contributed by atoms with Gasteiger partial charge in [0, 0.05) is 17.4 Å². The molecule has 0 fully saturated rings. The van der Waals surface area contributed by atoms with Crippen LogP contribution in [0, 0.1) is 47.1 Å². The quantitative estimate of drug-likeness (QED) is 0.581. The monoisotopic (exact) mass is 376 g/mol. The van der Waals surface area contributed by atoms with Crippen LogP contribution < -0.4 is 0 Å². The second kappa shape index (κ2) is 37.1. The summed E-state index contributed by atoms with van der Waals surface area (Å²) in [6.07, 6.45) is 0. The van der Waals surface area contributed by atoms with Gasteiger partial charge in [-0.2, -0.15) is 0 Å². The predicted octanol–water partition coefficient (Wildman–Crippen LogP) is 3.10. The third kappa shape index (κ3) is 22.9. The van der Waals surface area contributed by atoms with E-state index >= 15 is 0 Å². The fraction of sp³-hybridized carbons (Fsp3) is 0.286. The van der Waals surface area contributed by atoms with Gasteiger partial charge in [0.05, 0.1) is 6.61 Å². The van der Waals surface area contributed by atoms with E-state index < -0.39 is 7.53 Å². The van der Waals surface area contributed by atoms with Crippen LogP contribution in [0.2, 0.25) is 0 Å². The van der Waals surface area contributed by atoms with Gasteiger partial charge in [-0.05, 0) is 51.0 Å². The van der Waals surface area contributed by atoms with Crippen LogP contribution in [0.25, 0.3) is 0 Å². The van der Waals surface area contributed by atoms with Crippen molar-refractivity contribution in [3.63, 3.8) is 0 Å². The molecular formula is C14H13CrO7P. The Kier molecular flexibility index (Phi) is 60.6. The first-order valence-corrected chi connectivity index (χ1v) is 6.47. The third-order valence-electron chi connectivity index (χ3n) is 1.77. The molecule has 0 amide bonds. The number of ether oxygens (including phenoxy) is 1. The summed E-state index contributed by atoms with van der Waals surface area (Å²) in [5.41, 5.74) is 2.33. The molecule has 1 aromatic heterocycles. The molecule has 122 valence electrons.